The zero-order valence-corrected chi connectivity index (χ0v) is 15.6. The van der Waals surface area contributed by atoms with E-state index in [1.807, 2.05) is 27.7 Å². The minimum atomic E-state index is -4.02. The minimum absolute atomic E-state index is 0.0666. The Morgan fingerprint density at radius 2 is 0.792 bits per heavy atom. The highest BCUT2D eigenvalue weighted by Gasteiger charge is 2.07. The van der Waals surface area contributed by atoms with Crippen LogP contribution in [0.4, 0.5) is 0 Å². The van der Waals surface area contributed by atoms with E-state index in [9.17, 15) is 16.8 Å². The molecule has 0 aliphatic heterocycles. The van der Waals surface area contributed by atoms with E-state index >= 15 is 0 Å². The lowest BCUT2D eigenvalue weighted by atomic mass is 10.2. The van der Waals surface area contributed by atoms with E-state index in [-0.39, 0.29) is 9.79 Å². The van der Waals surface area contributed by atoms with E-state index in [2.05, 4.69) is 0 Å². The van der Waals surface area contributed by atoms with Gasteiger partial charge in [0.2, 0.25) is 0 Å². The van der Waals surface area contributed by atoms with Gasteiger partial charge in [-0.3, -0.25) is 9.11 Å². The van der Waals surface area contributed by atoms with Gasteiger partial charge >= 0.3 is 0 Å². The number of rotatable bonds is 2. The van der Waals surface area contributed by atoms with E-state index in [1.54, 1.807) is 24.3 Å². The Morgan fingerprint density at radius 1 is 0.583 bits per heavy atom. The van der Waals surface area contributed by atoms with Crippen LogP contribution < -0.4 is 0 Å². The first-order chi connectivity index (χ1) is 11.0. The standard InChI is InChI=1S/2C7H8O3S.C2H6/c2*1-6-2-4-7(5-3-6)11(8,9)10;1-2/h2*2-5H,1H3,(H,8,9,10);1-2H3. The zero-order valence-electron chi connectivity index (χ0n) is 14.0. The Labute approximate surface area is 143 Å². The molecule has 0 amide bonds. The predicted octanol–water partition coefficient (Wildman–Crippen LogP) is 3.51. The SMILES string of the molecule is CC.Cc1ccc(S(=O)(=O)O)cc1.Cc1ccc(S(=O)(=O)O)cc1. The second-order valence-corrected chi connectivity index (χ2v) is 7.42. The van der Waals surface area contributed by atoms with Crippen LogP contribution in [-0.2, 0) is 20.2 Å². The summed E-state index contributed by atoms with van der Waals surface area (Å²) in [4.78, 5) is -0.133. The van der Waals surface area contributed by atoms with E-state index < -0.39 is 20.2 Å². The van der Waals surface area contributed by atoms with Crippen molar-refractivity contribution in [2.45, 2.75) is 37.5 Å². The number of aryl methyl sites for hydroxylation is 2. The van der Waals surface area contributed by atoms with Crippen molar-refractivity contribution in [2.24, 2.45) is 0 Å². The van der Waals surface area contributed by atoms with Crippen LogP contribution in [0.15, 0.2) is 58.3 Å². The molecule has 0 aromatic heterocycles. The normalized spacial score (nSPS) is 10.8. The van der Waals surface area contributed by atoms with Gasteiger partial charge < -0.3 is 0 Å². The summed E-state index contributed by atoms with van der Waals surface area (Å²) in [6.45, 7) is 7.68. The number of hydrogen-bond donors (Lipinski definition) is 2. The van der Waals surface area contributed by atoms with Gasteiger partial charge in [0.05, 0.1) is 9.79 Å². The topological polar surface area (TPSA) is 109 Å². The Balaban J connectivity index is 0.000000400. The van der Waals surface area contributed by atoms with E-state index in [1.165, 1.54) is 24.3 Å². The summed E-state index contributed by atoms with van der Waals surface area (Å²) in [5, 5.41) is 0. The van der Waals surface area contributed by atoms with Crippen molar-refractivity contribution < 1.29 is 25.9 Å². The quantitative estimate of drug-likeness (QED) is 0.779. The van der Waals surface area contributed by atoms with Crippen molar-refractivity contribution in [3.05, 3.63) is 59.7 Å². The summed E-state index contributed by atoms with van der Waals surface area (Å²) in [5.74, 6) is 0. The molecule has 0 unspecified atom stereocenters. The maximum atomic E-state index is 10.5. The molecule has 0 bridgehead atoms. The molecular weight excluding hydrogens is 352 g/mol. The van der Waals surface area contributed by atoms with Crippen molar-refractivity contribution in [2.75, 3.05) is 0 Å². The van der Waals surface area contributed by atoms with Gasteiger partial charge in [0.1, 0.15) is 0 Å². The third-order valence-electron chi connectivity index (χ3n) is 2.64. The summed E-state index contributed by atoms with van der Waals surface area (Å²) >= 11 is 0. The fourth-order valence-corrected chi connectivity index (χ4v) is 2.38. The van der Waals surface area contributed by atoms with Crippen LogP contribution >= 0.6 is 0 Å². The third-order valence-corrected chi connectivity index (χ3v) is 4.37. The molecule has 0 aliphatic carbocycles. The molecule has 134 valence electrons. The van der Waals surface area contributed by atoms with Gasteiger partial charge in [-0.25, -0.2) is 0 Å². The molecule has 0 saturated carbocycles. The Kier molecular flexibility index (Phi) is 8.84. The third kappa shape index (κ3) is 8.21. The highest BCUT2D eigenvalue weighted by molar-refractivity contribution is 7.86. The molecule has 24 heavy (non-hydrogen) atoms. The molecule has 2 rings (SSSR count). The summed E-state index contributed by atoms with van der Waals surface area (Å²) in [6, 6.07) is 12.0. The van der Waals surface area contributed by atoms with Crippen LogP contribution in [0, 0.1) is 13.8 Å². The molecule has 0 aliphatic rings. The molecule has 0 heterocycles. The second-order valence-electron chi connectivity index (χ2n) is 4.58. The monoisotopic (exact) mass is 374 g/mol. The molecule has 0 spiro atoms. The Bertz CT molecular complexity index is 748. The molecule has 2 aromatic rings. The number of benzene rings is 2. The Morgan fingerprint density at radius 3 is 0.958 bits per heavy atom. The van der Waals surface area contributed by atoms with Crippen LogP contribution in [-0.4, -0.2) is 25.9 Å². The molecule has 2 aromatic carbocycles. The van der Waals surface area contributed by atoms with Gasteiger partial charge in [-0.05, 0) is 38.1 Å². The van der Waals surface area contributed by atoms with Crippen LogP contribution in [0.1, 0.15) is 25.0 Å². The van der Waals surface area contributed by atoms with Gasteiger partial charge in [0.15, 0.2) is 0 Å². The zero-order chi connectivity index (χ0) is 19.0. The maximum Gasteiger partial charge on any atom is 0.294 e. The molecule has 0 radical (unpaired) electrons. The van der Waals surface area contributed by atoms with Gasteiger partial charge in [0, 0.05) is 0 Å². The first kappa shape index (κ1) is 22.3. The van der Waals surface area contributed by atoms with Crippen LogP contribution in [0.2, 0.25) is 0 Å². The average molecular weight is 374 g/mol. The first-order valence-electron chi connectivity index (χ1n) is 7.08. The smallest absolute Gasteiger partial charge is 0.282 e. The largest absolute Gasteiger partial charge is 0.294 e. The van der Waals surface area contributed by atoms with Gasteiger partial charge in [-0.2, -0.15) is 16.8 Å². The lowest BCUT2D eigenvalue weighted by Gasteiger charge is -1.95. The average Bonchev–Trinajstić information content (AvgIpc) is 2.49. The van der Waals surface area contributed by atoms with Gasteiger partial charge in [0.25, 0.3) is 20.2 Å². The second kappa shape index (κ2) is 9.53. The lowest BCUT2D eigenvalue weighted by Crippen LogP contribution is -1.96. The van der Waals surface area contributed by atoms with E-state index in [0.717, 1.165) is 11.1 Å². The highest BCUT2D eigenvalue weighted by atomic mass is 32.2. The fourth-order valence-electron chi connectivity index (χ4n) is 1.42. The predicted molar refractivity (Wildman–Crippen MR) is 93.3 cm³/mol. The van der Waals surface area contributed by atoms with Crippen molar-refractivity contribution in [3.63, 3.8) is 0 Å². The first-order valence-corrected chi connectivity index (χ1v) is 9.96. The molecule has 0 fully saturated rings. The van der Waals surface area contributed by atoms with Crippen LogP contribution in [0.5, 0.6) is 0 Å². The van der Waals surface area contributed by atoms with Crippen molar-refractivity contribution >= 4 is 20.2 Å². The van der Waals surface area contributed by atoms with Crippen molar-refractivity contribution in [1.29, 1.82) is 0 Å². The van der Waals surface area contributed by atoms with E-state index in [4.69, 9.17) is 9.11 Å². The summed E-state index contributed by atoms with van der Waals surface area (Å²) in [7, 11) is -8.04. The molecule has 8 heteroatoms. The van der Waals surface area contributed by atoms with Gasteiger partial charge in [-0.1, -0.05) is 49.2 Å². The summed E-state index contributed by atoms with van der Waals surface area (Å²) < 4.78 is 59.1. The molecule has 6 nitrogen and oxygen atoms in total. The van der Waals surface area contributed by atoms with E-state index in [0.29, 0.717) is 0 Å². The molecule has 0 saturated heterocycles. The minimum Gasteiger partial charge on any atom is -0.282 e. The highest BCUT2D eigenvalue weighted by Crippen LogP contribution is 2.09. The summed E-state index contributed by atoms with van der Waals surface area (Å²) in [6.07, 6.45) is 0. The summed E-state index contributed by atoms with van der Waals surface area (Å²) in [5.41, 5.74) is 1.91. The fraction of sp³-hybridized carbons (Fsp3) is 0.250. The van der Waals surface area contributed by atoms with Crippen LogP contribution in [0.25, 0.3) is 0 Å². The lowest BCUT2D eigenvalue weighted by molar-refractivity contribution is 0.481. The Hall–Kier alpha value is -1.74. The molecular formula is C16H22O6S2. The van der Waals surface area contributed by atoms with Crippen LogP contribution in [0.3, 0.4) is 0 Å². The molecule has 2 N–H and O–H groups in total. The maximum absolute atomic E-state index is 10.5. The van der Waals surface area contributed by atoms with Gasteiger partial charge in [-0.15, -0.1) is 0 Å². The van der Waals surface area contributed by atoms with Crippen molar-refractivity contribution in [1.82, 2.24) is 0 Å². The molecule has 0 atom stereocenters. The number of hydrogen-bond acceptors (Lipinski definition) is 4. The van der Waals surface area contributed by atoms with Crippen molar-refractivity contribution in [3.8, 4) is 0 Å².